The van der Waals surface area contributed by atoms with Gasteiger partial charge in [0.05, 0.1) is 18.3 Å². The predicted octanol–water partition coefficient (Wildman–Crippen LogP) is 3.17. The lowest BCUT2D eigenvalue weighted by Crippen LogP contribution is -2.49. The fourth-order valence-electron chi connectivity index (χ4n) is 4.04. The van der Waals surface area contributed by atoms with Crippen LogP contribution in [0.2, 0.25) is 0 Å². The van der Waals surface area contributed by atoms with E-state index in [4.69, 9.17) is 4.74 Å². The number of methoxy groups -OCH3 is 1. The number of ether oxygens (including phenoxy) is 1. The lowest BCUT2D eigenvalue weighted by atomic mass is 9.79. The summed E-state index contributed by atoms with van der Waals surface area (Å²) in [6, 6.07) is 7.93. The quantitative estimate of drug-likeness (QED) is 0.815. The molecule has 0 unspecified atom stereocenters. The molecule has 1 heterocycles. The molecule has 1 fully saturated rings. The predicted molar refractivity (Wildman–Crippen MR) is 93.4 cm³/mol. The van der Waals surface area contributed by atoms with Gasteiger partial charge < -0.3 is 4.74 Å². The van der Waals surface area contributed by atoms with Gasteiger partial charge in [-0.2, -0.15) is 4.68 Å². The van der Waals surface area contributed by atoms with Gasteiger partial charge in [-0.25, -0.2) is 0 Å². The molecule has 2 aromatic rings. The van der Waals surface area contributed by atoms with E-state index in [1.165, 1.54) is 19.3 Å². The Hall–Kier alpha value is -1.95. The van der Waals surface area contributed by atoms with E-state index in [9.17, 15) is 0 Å². The number of tetrazole rings is 1. The van der Waals surface area contributed by atoms with Gasteiger partial charge in [0.25, 0.3) is 0 Å². The van der Waals surface area contributed by atoms with Crippen molar-refractivity contribution in [2.45, 2.75) is 51.5 Å². The molecule has 130 valence electrons. The summed E-state index contributed by atoms with van der Waals surface area (Å²) in [5.41, 5.74) is 0.875. The van der Waals surface area contributed by atoms with Gasteiger partial charge in [-0.05, 0) is 48.5 Å². The summed E-state index contributed by atoms with van der Waals surface area (Å²) in [5.74, 6) is 1.77. The highest BCUT2D eigenvalue weighted by atomic mass is 16.5. The van der Waals surface area contributed by atoms with Crippen LogP contribution >= 0.6 is 0 Å². The summed E-state index contributed by atoms with van der Waals surface area (Å²) >= 11 is 0. The zero-order valence-corrected chi connectivity index (χ0v) is 14.9. The van der Waals surface area contributed by atoms with E-state index in [-0.39, 0.29) is 5.54 Å². The molecule has 0 atom stereocenters. The third-order valence-electron chi connectivity index (χ3n) is 5.23. The first kappa shape index (κ1) is 16.9. The molecule has 0 N–H and O–H groups in total. The highest BCUT2D eigenvalue weighted by molar-refractivity contribution is 5.39. The molecular formula is C18H27N5O. The Morgan fingerprint density at radius 3 is 2.58 bits per heavy atom. The summed E-state index contributed by atoms with van der Waals surface area (Å²) in [6.45, 7) is 6.45. The minimum Gasteiger partial charge on any atom is -0.497 e. The van der Waals surface area contributed by atoms with E-state index in [2.05, 4.69) is 34.3 Å². The van der Waals surface area contributed by atoms with Crippen molar-refractivity contribution >= 4 is 0 Å². The second-order valence-corrected chi connectivity index (χ2v) is 6.38. The zero-order chi connectivity index (χ0) is 17.0. The largest absolute Gasteiger partial charge is 0.497 e. The van der Waals surface area contributed by atoms with Crippen LogP contribution in [0.3, 0.4) is 0 Å². The van der Waals surface area contributed by atoms with E-state index in [1.807, 2.05) is 28.9 Å². The Kier molecular flexibility index (Phi) is 5.14. The highest BCUT2D eigenvalue weighted by Crippen LogP contribution is 2.41. The van der Waals surface area contributed by atoms with Gasteiger partial charge in [0, 0.05) is 6.07 Å². The maximum atomic E-state index is 5.36. The van der Waals surface area contributed by atoms with E-state index < -0.39 is 0 Å². The van der Waals surface area contributed by atoms with Crippen LogP contribution in [0.5, 0.6) is 5.75 Å². The molecule has 1 aliphatic carbocycles. The monoisotopic (exact) mass is 329 g/mol. The third-order valence-corrected chi connectivity index (χ3v) is 5.23. The molecule has 0 aliphatic heterocycles. The van der Waals surface area contributed by atoms with Crippen molar-refractivity contribution in [1.82, 2.24) is 25.1 Å². The Labute approximate surface area is 143 Å². The van der Waals surface area contributed by atoms with Gasteiger partial charge in [0.2, 0.25) is 0 Å². The average molecular weight is 329 g/mol. The van der Waals surface area contributed by atoms with Crippen molar-refractivity contribution < 1.29 is 4.74 Å². The first-order chi connectivity index (χ1) is 11.7. The standard InChI is InChI=1S/C18H27N5O/c1-4-22(5-2)18(12-7-6-8-13-18)17-19-20-21-23(17)15-10-9-11-16(14-15)24-3/h9-11,14H,4-8,12-13H2,1-3H3. The number of nitrogens with zero attached hydrogens (tertiary/aromatic N) is 5. The number of rotatable bonds is 6. The smallest absolute Gasteiger partial charge is 0.176 e. The lowest BCUT2D eigenvalue weighted by Gasteiger charge is -2.44. The molecule has 1 aromatic heterocycles. The van der Waals surface area contributed by atoms with E-state index >= 15 is 0 Å². The van der Waals surface area contributed by atoms with E-state index in [0.29, 0.717) is 0 Å². The second-order valence-electron chi connectivity index (χ2n) is 6.38. The van der Waals surface area contributed by atoms with Crippen LogP contribution in [0.4, 0.5) is 0 Å². The Morgan fingerprint density at radius 1 is 1.17 bits per heavy atom. The third kappa shape index (κ3) is 2.90. The fraction of sp³-hybridized carbons (Fsp3) is 0.611. The number of hydrogen-bond acceptors (Lipinski definition) is 5. The van der Waals surface area contributed by atoms with Crippen molar-refractivity contribution in [1.29, 1.82) is 0 Å². The molecule has 0 bridgehead atoms. The van der Waals surface area contributed by atoms with Crippen LogP contribution < -0.4 is 4.74 Å². The first-order valence-corrected chi connectivity index (χ1v) is 8.93. The SMILES string of the molecule is CCN(CC)C1(c2nnnn2-c2cccc(OC)c2)CCCCC1. The van der Waals surface area contributed by atoms with Gasteiger partial charge >= 0.3 is 0 Å². The van der Waals surface area contributed by atoms with Crippen LogP contribution in [0.15, 0.2) is 24.3 Å². The molecular weight excluding hydrogens is 302 g/mol. The molecule has 0 spiro atoms. The topological polar surface area (TPSA) is 56.1 Å². The van der Waals surface area contributed by atoms with Gasteiger partial charge in [-0.3, -0.25) is 4.90 Å². The summed E-state index contributed by atoms with van der Waals surface area (Å²) in [4.78, 5) is 2.52. The molecule has 6 heteroatoms. The molecule has 1 aliphatic rings. The van der Waals surface area contributed by atoms with Crippen molar-refractivity contribution in [2.75, 3.05) is 20.2 Å². The van der Waals surface area contributed by atoms with E-state index in [1.54, 1.807) is 7.11 Å². The average Bonchev–Trinajstić information content (AvgIpc) is 3.14. The molecule has 1 saturated carbocycles. The fourth-order valence-corrected chi connectivity index (χ4v) is 4.04. The molecule has 1 aromatic carbocycles. The van der Waals surface area contributed by atoms with Gasteiger partial charge in [-0.1, -0.05) is 39.2 Å². The maximum Gasteiger partial charge on any atom is 0.176 e. The summed E-state index contributed by atoms with van der Waals surface area (Å²) < 4.78 is 7.26. The summed E-state index contributed by atoms with van der Waals surface area (Å²) in [7, 11) is 1.68. The Bertz CT molecular complexity index is 659. The molecule has 24 heavy (non-hydrogen) atoms. The number of aromatic nitrogens is 4. The Balaban J connectivity index is 2.08. The van der Waals surface area contributed by atoms with Crippen LogP contribution in [-0.4, -0.2) is 45.3 Å². The minimum atomic E-state index is -0.0751. The van der Waals surface area contributed by atoms with Crippen molar-refractivity contribution in [3.05, 3.63) is 30.1 Å². The summed E-state index contributed by atoms with van der Waals surface area (Å²) in [6.07, 6.45) is 5.96. The van der Waals surface area contributed by atoms with Crippen LogP contribution in [0.1, 0.15) is 51.8 Å². The minimum absolute atomic E-state index is 0.0751. The molecule has 0 amide bonds. The summed E-state index contributed by atoms with van der Waals surface area (Å²) in [5, 5.41) is 12.8. The van der Waals surface area contributed by atoms with Gasteiger partial charge in [-0.15, -0.1) is 5.10 Å². The first-order valence-electron chi connectivity index (χ1n) is 8.93. The number of hydrogen-bond donors (Lipinski definition) is 0. The maximum absolute atomic E-state index is 5.36. The molecule has 0 saturated heterocycles. The molecule has 3 rings (SSSR count). The highest BCUT2D eigenvalue weighted by Gasteiger charge is 2.43. The molecule has 6 nitrogen and oxygen atoms in total. The lowest BCUT2D eigenvalue weighted by molar-refractivity contribution is 0.0463. The van der Waals surface area contributed by atoms with Crippen molar-refractivity contribution in [3.8, 4) is 11.4 Å². The molecule has 0 radical (unpaired) electrons. The van der Waals surface area contributed by atoms with Gasteiger partial charge in [0.1, 0.15) is 5.75 Å². The number of benzene rings is 1. The van der Waals surface area contributed by atoms with Crippen molar-refractivity contribution in [2.24, 2.45) is 0 Å². The Morgan fingerprint density at radius 2 is 1.92 bits per heavy atom. The van der Waals surface area contributed by atoms with Crippen molar-refractivity contribution in [3.63, 3.8) is 0 Å². The van der Waals surface area contributed by atoms with E-state index in [0.717, 1.165) is 43.2 Å². The van der Waals surface area contributed by atoms with Crippen LogP contribution in [0, 0.1) is 0 Å². The second kappa shape index (κ2) is 7.30. The van der Waals surface area contributed by atoms with Gasteiger partial charge in [0.15, 0.2) is 5.82 Å². The normalized spacial score (nSPS) is 17.2. The zero-order valence-electron chi connectivity index (χ0n) is 14.9. The van der Waals surface area contributed by atoms with Crippen LogP contribution in [0.25, 0.3) is 5.69 Å². The van der Waals surface area contributed by atoms with Crippen LogP contribution in [-0.2, 0) is 5.54 Å².